The van der Waals surface area contributed by atoms with Crippen molar-refractivity contribution >= 4 is 15.9 Å². The van der Waals surface area contributed by atoms with Gasteiger partial charge in [-0.05, 0) is 46.6 Å². The molecule has 0 aromatic heterocycles. The first-order valence-electron chi connectivity index (χ1n) is 5.91. The molecule has 2 aromatic rings. The molecule has 0 amide bonds. The van der Waals surface area contributed by atoms with E-state index in [-0.39, 0.29) is 12.4 Å². The van der Waals surface area contributed by atoms with Crippen molar-refractivity contribution in [2.45, 2.75) is 19.6 Å². The van der Waals surface area contributed by atoms with Gasteiger partial charge in [0.05, 0.1) is 10.6 Å². The Labute approximate surface area is 120 Å². The van der Waals surface area contributed by atoms with E-state index >= 15 is 0 Å². The molecule has 19 heavy (non-hydrogen) atoms. The van der Waals surface area contributed by atoms with Crippen molar-refractivity contribution in [2.75, 3.05) is 0 Å². The Morgan fingerprint density at radius 3 is 2.74 bits per heavy atom. The summed E-state index contributed by atoms with van der Waals surface area (Å²) in [5.74, 6) is 0.341. The summed E-state index contributed by atoms with van der Waals surface area (Å²) in [5, 5.41) is 9.50. The lowest BCUT2D eigenvalue weighted by atomic mass is 10.1. The predicted octanol–water partition coefficient (Wildman–Crippen LogP) is 4.22. The molecular weight excluding hydrogens is 311 g/mol. The van der Waals surface area contributed by atoms with Crippen LogP contribution in [0.5, 0.6) is 5.75 Å². The van der Waals surface area contributed by atoms with E-state index in [1.807, 2.05) is 12.1 Å². The van der Waals surface area contributed by atoms with Crippen LogP contribution in [-0.4, -0.2) is 5.11 Å². The first-order chi connectivity index (χ1) is 9.08. The summed E-state index contributed by atoms with van der Waals surface area (Å²) >= 11 is 3.20. The monoisotopic (exact) mass is 324 g/mol. The molecule has 1 atom stereocenters. The van der Waals surface area contributed by atoms with Crippen LogP contribution in [0.3, 0.4) is 0 Å². The zero-order valence-corrected chi connectivity index (χ0v) is 12.0. The van der Waals surface area contributed by atoms with Gasteiger partial charge in [-0.2, -0.15) is 0 Å². The van der Waals surface area contributed by atoms with Crippen molar-refractivity contribution in [1.82, 2.24) is 0 Å². The van der Waals surface area contributed by atoms with Gasteiger partial charge < -0.3 is 9.84 Å². The van der Waals surface area contributed by atoms with Crippen molar-refractivity contribution in [3.8, 4) is 5.75 Å². The van der Waals surface area contributed by atoms with E-state index in [1.54, 1.807) is 31.2 Å². The van der Waals surface area contributed by atoms with Crippen LogP contribution in [0.15, 0.2) is 46.9 Å². The Hall–Kier alpha value is -1.39. The number of aliphatic hydroxyl groups is 1. The lowest BCUT2D eigenvalue weighted by Gasteiger charge is -2.10. The number of aliphatic hydroxyl groups excluding tert-OH is 1. The van der Waals surface area contributed by atoms with Gasteiger partial charge in [0, 0.05) is 5.56 Å². The lowest BCUT2D eigenvalue weighted by Crippen LogP contribution is -1.99. The van der Waals surface area contributed by atoms with Crippen molar-refractivity contribution < 1.29 is 14.2 Å². The molecule has 0 saturated carbocycles. The summed E-state index contributed by atoms with van der Waals surface area (Å²) in [5.41, 5.74) is 1.53. The van der Waals surface area contributed by atoms with Crippen LogP contribution in [-0.2, 0) is 6.61 Å². The first-order valence-corrected chi connectivity index (χ1v) is 6.71. The van der Waals surface area contributed by atoms with Crippen LogP contribution < -0.4 is 4.74 Å². The van der Waals surface area contributed by atoms with E-state index in [0.29, 0.717) is 10.2 Å². The second-order valence-corrected chi connectivity index (χ2v) is 5.04. The molecule has 0 saturated heterocycles. The number of benzene rings is 2. The third-order valence-electron chi connectivity index (χ3n) is 2.77. The third-order valence-corrected chi connectivity index (χ3v) is 3.65. The topological polar surface area (TPSA) is 29.5 Å². The molecule has 0 heterocycles. The average molecular weight is 325 g/mol. The molecule has 100 valence electrons. The van der Waals surface area contributed by atoms with Gasteiger partial charge in [0.25, 0.3) is 0 Å². The normalized spacial score (nSPS) is 12.2. The molecule has 2 nitrogen and oxygen atoms in total. The molecule has 1 unspecified atom stereocenters. The molecule has 0 aliphatic carbocycles. The number of ether oxygens (including phenoxy) is 1. The Balaban J connectivity index is 2.10. The van der Waals surface area contributed by atoms with Gasteiger partial charge in [0.2, 0.25) is 0 Å². The standard InChI is InChI=1S/C15H14BrFO2/c1-10(18)11-4-2-6-13(8-11)19-9-12-5-3-7-14(17)15(12)16/h2-8,10,18H,9H2,1H3. The lowest BCUT2D eigenvalue weighted by molar-refractivity contribution is 0.198. The molecule has 0 radical (unpaired) electrons. The number of rotatable bonds is 4. The van der Waals surface area contributed by atoms with Gasteiger partial charge in [0.15, 0.2) is 0 Å². The fourth-order valence-electron chi connectivity index (χ4n) is 1.69. The van der Waals surface area contributed by atoms with Crippen LogP contribution >= 0.6 is 15.9 Å². The van der Waals surface area contributed by atoms with E-state index in [1.165, 1.54) is 6.07 Å². The number of hydrogen-bond acceptors (Lipinski definition) is 2. The van der Waals surface area contributed by atoms with Crippen molar-refractivity contribution in [1.29, 1.82) is 0 Å². The summed E-state index contributed by atoms with van der Waals surface area (Å²) in [6.45, 7) is 1.96. The number of hydrogen-bond donors (Lipinski definition) is 1. The van der Waals surface area contributed by atoms with E-state index in [2.05, 4.69) is 15.9 Å². The Kier molecular flexibility index (Phi) is 4.56. The molecule has 2 aromatic carbocycles. The van der Waals surface area contributed by atoms with Gasteiger partial charge >= 0.3 is 0 Å². The quantitative estimate of drug-likeness (QED) is 0.912. The minimum atomic E-state index is -0.538. The maximum Gasteiger partial charge on any atom is 0.137 e. The minimum absolute atomic E-state index is 0.265. The highest BCUT2D eigenvalue weighted by Gasteiger charge is 2.07. The number of halogens is 2. The maximum atomic E-state index is 13.3. The largest absolute Gasteiger partial charge is 0.489 e. The summed E-state index contributed by atoms with van der Waals surface area (Å²) in [7, 11) is 0. The zero-order chi connectivity index (χ0) is 13.8. The second kappa shape index (κ2) is 6.17. The van der Waals surface area contributed by atoms with Crippen molar-refractivity contribution in [3.63, 3.8) is 0 Å². The summed E-state index contributed by atoms with van der Waals surface area (Å²) < 4.78 is 19.4. The van der Waals surface area contributed by atoms with E-state index in [4.69, 9.17) is 4.74 Å². The van der Waals surface area contributed by atoms with Crippen molar-refractivity contribution in [3.05, 3.63) is 63.9 Å². The van der Waals surface area contributed by atoms with Gasteiger partial charge in [-0.25, -0.2) is 4.39 Å². The summed E-state index contributed by atoms with van der Waals surface area (Å²) in [4.78, 5) is 0. The summed E-state index contributed by atoms with van der Waals surface area (Å²) in [6, 6.07) is 12.1. The highest BCUT2D eigenvalue weighted by atomic mass is 79.9. The highest BCUT2D eigenvalue weighted by molar-refractivity contribution is 9.10. The summed E-state index contributed by atoms with van der Waals surface area (Å²) in [6.07, 6.45) is -0.538. The molecule has 4 heteroatoms. The zero-order valence-electron chi connectivity index (χ0n) is 10.4. The van der Waals surface area contributed by atoms with Gasteiger partial charge in [0.1, 0.15) is 18.2 Å². The fourth-order valence-corrected chi connectivity index (χ4v) is 2.06. The van der Waals surface area contributed by atoms with Gasteiger partial charge in [-0.3, -0.25) is 0 Å². The van der Waals surface area contributed by atoms with E-state index in [9.17, 15) is 9.50 Å². The molecule has 0 aliphatic rings. The predicted molar refractivity (Wildman–Crippen MR) is 75.5 cm³/mol. The molecule has 0 fully saturated rings. The SMILES string of the molecule is CC(O)c1cccc(OCc2cccc(F)c2Br)c1. The van der Waals surface area contributed by atoms with Gasteiger partial charge in [-0.15, -0.1) is 0 Å². The van der Waals surface area contributed by atoms with Crippen LogP contribution in [0.25, 0.3) is 0 Å². The minimum Gasteiger partial charge on any atom is -0.489 e. The molecule has 2 rings (SSSR count). The van der Waals surface area contributed by atoms with Crippen LogP contribution in [0.4, 0.5) is 4.39 Å². The highest BCUT2D eigenvalue weighted by Crippen LogP contribution is 2.23. The molecule has 0 spiro atoms. The Morgan fingerprint density at radius 1 is 1.26 bits per heavy atom. The fraction of sp³-hybridized carbons (Fsp3) is 0.200. The molecular formula is C15H14BrFO2. The van der Waals surface area contributed by atoms with Crippen LogP contribution in [0.1, 0.15) is 24.2 Å². The van der Waals surface area contributed by atoms with Gasteiger partial charge in [-0.1, -0.05) is 24.3 Å². The Bertz CT molecular complexity index is 570. The molecule has 0 bridgehead atoms. The smallest absolute Gasteiger partial charge is 0.137 e. The second-order valence-electron chi connectivity index (χ2n) is 4.25. The molecule has 0 aliphatic heterocycles. The third kappa shape index (κ3) is 3.55. The van der Waals surface area contributed by atoms with E-state index in [0.717, 1.165) is 11.1 Å². The van der Waals surface area contributed by atoms with Crippen LogP contribution in [0, 0.1) is 5.82 Å². The Morgan fingerprint density at radius 2 is 2.00 bits per heavy atom. The molecule has 1 N–H and O–H groups in total. The maximum absolute atomic E-state index is 13.3. The van der Waals surface area contributed by atoms with Crippen LogP contribution in [0.2, 0.25) is 0 Å². The van der Waals surface area contributed by atoms with Crippen molar-refractivity contribution in [2.24, 2.45) is 0 Å². The van der Waals surface area contributed by atoms with E-state index < -0.39 is 6.10 Å². The first kappa shape index (κ1) is 14.0. The average Bonchev–Trinajstić information content (AvgIpc) is 2.41.